The molecule has 0 spiro atoms. The van der Waals surface area contributed by atoms with Crippen LogP contribution in [-0.4, -0.2) is 11.3 Å². The Labute approximate surface area is 67.2 Å². The molecule has 0 bridgehead atoms. The van der Waals surface area contributed by atoms with E-state index in [2.05, 4.69) is 16.8 Å². The lowest BCUT2D eigenvalue weighted by Crippen LogP contribution is -1.89. The SMILES string of the molecule is O=CC#Cc1cnc(F)c(F)c1. The van der Waals surface area contributed by atoms with Crippen LogP contribution in [0.25, 0.3) is 0 Å². The zero-order valence-corrected chi connectivity index (χ0v) is 5.84. The molecule has 1 aromatic rings. The molecule has 12 heavy (non-hydrogen) atoms. The normalized spacial score (nSPS) is 8.50. The molecule has 0 saturated carbocycles. The van der Waals surface area contributed by atoms with E-state index in [-0.39, 0.29) is 5.56 Å². The number of carbonyl (C=O) groups is 1. The second-order valence-electron chi connectivity index (χ2n) is 1.88. The molecule has 0 atom stereocenters. The molecule has 0 amide bonds. The molecule has 0 fully saturated rings. The first kappa shape index (κ1) is 8.34. The lowest BCUT2D eigenvalue weighted by atomic mass is 10.3. The molecule has 0 aliphatic heterocycles. The second-order valence-corrected chi connectivity index (χ2v) is 1.88. The van der Waals surface area contributed by atoms with Crippen molar-refractivity contribution in [2.45, 2.75) is 0 Å². The Hall–Kier alpha value is -1.76. The summed E-state index contributed by atoms with van der Waals surface area (Å²) in [4.78, 5) is 12.8. The molecular formula is C8H3F2NO. The zero-order chi connectivity index (χ0) is 8.97. The standard InChI is InChI=1S/C8H3F2NO/c9-7-4-6(2-1-3-12)5-11-8(7)10/h3-5H. The van der Waals surface area contributed by atoms with Gasteiger partial charge in [0.2, 0.25) is 5.95 Å². The smallest absolute Gasteiger partial charge is 0.248 e. The van der Waals surface area contributed by atoms with Crippen molar-refractivity contribution in [1.29, 1.82) is 0 Å². The van der Waals surface area contributed by atoms with Crippen LogP contribution in [0.4, 0.5) is 8.78 Å². The van der Waals surface area contributed by atoms with E-state index in [1.54, 1.807) is 0 Å². The fraction of sp³-hybridized carbons (Fsp3) is 0. The van der Waals surface area contributed by atoms with Crippen LogP contribution in [0.2, 0.25) is 0 Å². The van der Waals surface area contributed by atoms with E-state index in [1.807, 2.05) is 0 Å². The highest BCUT2D eigenvalue weighted by Crippen LogP contribution is 2.03. The largest absolute Gasteiger partial charge is 0.289 e. The zero-order valence-electron chi connectivity index (χ0n) is 5.84. The summed E-state index contributed by atoms with van der Waals surface area (Å²) in [6.45, 7) is 0. The van der Waals surface area contributed by atoms with Crippen LogP contribution in [-0.2, 0) is 4.79 Å². The van der Waals surface area contributed by atoms with Gasteiger partial charge in [0, 0.05) is 11.8 Å². The van der Waals surface area contributed by atoms with Crippen LogP contribution in [0, 0.1) is 23.6 Å². The molecule has 2 nitrogen and oxygen atoms in total. The fourth-order valence-corrected chi connectivity index (χ4v) is 0.602. The van der Waals surface area contributed by atoms with Crippen molar-refractivity contribution in [1.82, 2.24) is 4.98 Å². The lowest BCUT2D eigenvalue weighted by molar-refractivity contribution is -0.103. The van der Waals surface area contributed by atoms with E-state index in [0.29, 0.717) is 6.29 Å². The van der Waals surface area contributed by atoms with Gasteiger partial charge in [0.25, 0.3) is 0 Å². The van der Waals surface area contributed by atoms with E-state index >= 15 is 0 Å². The van der Waals surface area contributed by atoms with Gasteiger partial charge in [0.05, 0.1) is 0 Å². The maximum Gasteiger partial charge on any atom is 0.248 e. The first-order valence-corrected chi connectivity index (χ1v) is 3.00. The summed E-state index contributed by atoms with van der Waals surface area (Å²) in [6.07, 6.45) is 1.41. The first-order chi connectivity index (χ1) is 5.74. The molecule has 1 heterocycles. The van der Waals surface area contributed by atoms with Crippen LogP contribution in [0.3, 0.4) is 0 Å². The summed E-state index contributed by atoms with van der Waals surface area (Å²) >= 11 is 0. The van der Waals surface area contributed by atoms with Crippen LogP contribution in [0.15, 0.2) is 12.3 Å². The molecule has 0 aliphatic rings. The Morgan fingerprint density at radius 1 is 1.50 bits per heavy atom. The Kier molecular flexibility index (Phi) is 2.49. The lowest BCUT2D eigenvalue weighted by Gasteiger charge is -1.90. The van der Waals surface area contributed by atoms with Gasteiger partial charge in [-0.3, -0.25) is 4.79 Å². The van der Waals surface area contributed by atoms with E-state index < -0.39 is 11.8 Å². The number of aromatic nitrogens is 1. The molecule has 0 radical (unpaired) electrons. The molecule has 1 aromatic heterocycles. The molecule has 0 saturated heterocycles. The van der Waals surface area contributed by atoms with Gasteiger partial charge in [-0.25, -0.2) is 9.37 Å². The number of hydrogen-bond acceptors (Lipinski definition) is 2. The van der Waals surface area contributed by atoms with Crippen LogP contribution >= 0.6 is 0 Å². The highest BCUT2D eigenvalue weighted by atomic mass is 19.2. The minimum Gasteiger partial charge on any atom is -0.289 e. The topological polar surface area (TPSA) is 30.0 Å². The fourth-order valence-electron chi connectivity index (χ4n) is 0.602. The van der Waals surface area contributed by atoms with Crippen molar-refractivity contribution in [3.63, 3.8) is 0 Å². The molecule has 4 heteroatoms. The van der Waals surface area contributed by atoms with Gasteiger partial charge in [0.1, 0.15) is 0 Å². The van der Waals surface area contributed by atoms with E-state index in [4.69, 9.17) is 0 Å². The molecule has 1 rings (SSSR count). The Morgan fingerprint density at radius 3 is 2.83 bits per heavy atom. The predicted octanol–water partition coefficient (Wildman–Crippen LogP) is 0.910. The second kappa shape index (κ2) is 3.58. The third-order valence-electron chi connectivity index (χ3n) is 1.07. The van der Waals surface area contributed by atoms with Crippen molar-refractivity contribution >= 4 is 6.29 Å². The summed E-state index contributed by atoms with van der Waals surface area (Å²) < 4.78 is 24.6. The Balaban J connectivity index is 3.04. The van der Waals surface area contributed by atoms with Crippen molar-refractivity contribution in [2.24, 2.45) is 0 Å². The molecule has 60 valence electrons. The van der Waals surface area contributed by atoms with Crippen LogP contribution in [0.1, 0.15) is 5.56 Å². The van der Waals surface area contributed by atoms with Gasteiger partial charge in [-0.05, 0) is 12.0 Å². The summed E-state index contributed by atoms with van der Waals surface area (Å²) in [5.74, 6) is 2.08. The predicted molar refractivity (Wildman–Crippen MR) is 37.1 cm³/mol. The van der Waals surface area contributed by atoms with Gasteiger partial charge >= 0.3 is 0 Å². The van der Waals surface area contributed by atoms with Crippen LogP contribution in [0.5, 0.6) is 0 Å². The van der Waals surface area contributed by atoms with Crippen LogP contribution < -0.4 is 0 Å². The Morgan fingerprint density at radius 2 is 2.25 bits per heavy atom. The van der Waals surface area contributed by atoms with Gasteiger partial charge < -0.3 is 0 Å². The monoisotopic (exact) mass is 167 g/mol. The van der Waals surface area contributed by atoms with Gasteiger partial charge in [-0.15, -0.1) is 0 Å². The minimum atomic E-state index is -1.17. The number of aldehydes is 1. The summed E-state index contributed by atoms with van der Waals surface area (Å²) in [7, 11) is 0. The minimum absolute atomic E-state index is 0.168. The van der Waals surface area contributed by atoms with Crippen molar-refractivity contribution in [3.8, 4) is 11.8 Å². The molecule has 0 aromatic carbocycles. The van der Waals surface area contributed by atoms with E-state index in [1.165, 1.54) is 0 Å². The number of halogens is 2. The Bertz CT molecular complexity index is 365. The maximum absolute atomic E-state index is 12.4. The first-order valence-electron chi connectivity index (χ1n) is 3.00. The van der Waals surface area contributed by atoms with Gasteiger partial charge in [-0.1, -0.05) is 5.92 Å². The van der Waals surface area contributed by atoms with Gasteiger partial charge in [0.15, 0.2) is 12.1 Å². The number of rotatable bonds is 0. The highest BCUT2D eigenvalue weighted by molar-refractivity contribution is 5.73. The van der Waals surface area contributed by atoms with E-state index in [0.717, 1.165) is 12.3 Å². The van der Waals surface area contributed by atoms with Crippen molar-refractivity contribution in [2.75, 3.05) is 0 Å². The highest BCUT2D eigenvalue weighted by Gasteiger charge is 2.01. The maximum atomic E-state index is 12.4. The van der Waals surface area contributed by atoms with E-state index in [9.17, 15) is 13.6 Å². The number of hydrogen-bond donors (Lipinski definition) is 0. The molecule has 0 unspecified atom stereocenters. The third-order valence-corrected chi connectivity index (χ3v) is 1.07. The molecular weight excluding hydrogens is 164 g/mol. The summed E-state index contributed by atoms with van der Waals surface area (Å²) in [5.41, 5.74) is 0.168. The summed E-state index contributed by atoms with van der Waals surface area (Å²) in [6, 6.07) is 0.874. The van der Waals surface area contributed by atoms with Gasteiger partial charge in [-0.2, -0.15) is 4.39 Å². The summed E-state index contributed by atoms with van der Waals surface area (Å²) in [5, 5.41) is 0. The van der Waals surface area contributed by atoms with Crippen molar-refractivity contribution < 1.29 is 13.6 Å². The quantitative estimate of drug-likeness (QED) is 0.326. The number of carbonyl (C=O) groups excluding carboxylic acids is 1. The number of nitrogens with zero attached hydrogens (tertiary/aromatic N) is 1. The molecule has 0 aliphatic carbocycles. The van der Waals surface area contributed by atoms with Crippen molar-refractivity contribution in [3.05, 3.63) is 29.6 Å². The molecule has 0 N–H and O–H groups in total. The number of pyridine rings is 1. The third kappa shape index (κ3) is 1.86. The average Bonchev–Trinajstić information content (AvgIpc) is 2.07. The average molecular weight is 167 g/mol.